The normalized spacial score (nSPS) is 21.1. The summed E-state index contributed by atoms with van der Waals surface area (Å²) in [6.45, 7) is 1.51. The molecular weight excluding hydrogens is 871 g/mol. The number of thiol groups is 1. The molecule has 3 amide bonds. The molecule has 1 saturated heterocycles. The number of phosphoric acid groups is 3. The molecule has 0 radical (unpaired) electrons. The van der Waals surface area contributed by atoms with Crippen LogP contribution in [-0.2, 0) is 50.7 Å². The lowest BCUT2D eigenvalue weighted by molar-refractivity contribution is -0.137. The average molecular weight is 924 g/mol. The molecule has 2 aromatic heterocycles. The highest BCUT2D eigenvalue weighted by molar-refractivity contribution is 7.80. The lowest BCUT2D eigenvalue weighted by atomic mass is 9.87. The smallest absolute Gasteiger partial charge is 0.386 e. The predicted octanol–water partition coefficient (Wildman–Crippen LogP) is -1.20. The predicted molar refractivity (Wildman–Crippen MR) is 208 cm³/mol. The molecule has 336 valence electrons. The number of carbonyl (C=O) groups excluding carboxylic acids is 3. The van der Waals surface area contributed by atoms with Crippen LogP contribution in [-0.4, -0.2) is 143 Å². The number of rotatable bonds is 27. The Labute approximate surface area is 343 Å². The first-order chi connectivity index (χ1) is 27.6. The van der Waals surface area contributed by atoms with Crippen LogP contribution in [0.25, 0.3) is 11.2 Å². The zero-order valence-electron chi connectivity index (χ0n) is 32.1. The van der Waals surface area contributed by atoms with Gasteiger partial charge in [0.2, 0.25) is 17.7 Å². The molecule has 3 rings (SSSR count). The van der Waals surface area contributed by atoms with Gasteiger partial charge in [-0.3, -0.25) is 32.5 Å². The van der Waals surface area contributed by atoms with Crippen LogP contribution in [0, 0.1) is 5.41 Å². The van der Waals surface area contributed by atoms with E-state index in [9.17, 15) is 57.9 Å². The van der Waals surface area contributed by atoms with Gasteiger partial charge in [0.1, 0.15) is 30.7 Å². The Kier molecular flexibility index (Phi) is 19.7. The molecule has 0 spiro atoms. The molecule has 59 heavy (non-hydrogen) atoms. The van der Waals surface area contributed by atoms with Crippen molar-refractivity contribution in [2.45, 2.75) is 76.6 Å². The molecule has 0 aliphatic carbocycles. The molecule has 26 nitrogen and oxygen atoms in total. The van der Waals surface area contributed by atoms with E-state index < -0.39 is 78.6 Å². The van der Waals surface area contributed by atoms with Crippen LogP contribution in [0.5, 0.6) is 0 Å². The summed E-state index contributed by atoms with van der Waals surface area (Å²) in [5.74, 6) is -1.15. The second-order valence-corrected chi connectivity index (χ2v) is 18.3. The van der Waals surface area contributed by atoms with Crippen LogP contribution in [0.3, 0.4) is 0 Å². The Bertz CT molecular complexity index is 1860. The van der Waals surface area contributed by atoms with Crippen LogP contribution >= 0.6 is 36.1 Å². The van der Waals surface area contributed by atoms with E-state index in [1.165, 1.54) is 13.8 Å². The van der Waals surface area contributed by atoms with Crippen molar-refractivity contribution in [3.63, 3.8) is 0 Å². The maximum atomic E-state index is 12.8. The Balaban J connectivity index is 1.62. The van der Waals surface area contributed by atoms with Crippen LogP contribution < -0.4 is 27.0 Å². The van der Waals surface area contributed by atoms with Crippen molar-refractivity contribution in [3.8, 4) is 0 Å². The number of nitrogens with one attached hydrogen (secondary N) is 4. The monoisotopic (exact) mass is 923 g/mol. The third-order valence-electron chi connectivity index (χ3n) is 8.35. The van der Waals surface area contributed by atoms with Gasteiger partial charge in [-0.05, 0) is 19.4 Å². The van der Waals surface area contributed by atoms with E-state index in [0.717, 1.165) is 42.9 Å². The van der Waals surface area contributed by atoms with Crippen LogP contribution in [0.4, 0.5) is 5.82 Å². The number of aliphatic hydroxyl groups is 2. The minimum atomic E-state index is -5.60. The molecule has 0 saturated carbocycles. The number of anilines is 1. The van der Waals surface area contributed by atoms with Gasteiger partial charge in [-0.25, -0.2) is 28.6 Å². The quantitative estimate of drug-likeness (QED) is 0.0284. The maximum absolute atomic E-state index is 12.8. The molecule has 2 aromatic rings. The first kappa shape index (κ1) is 50.7. The van der Waals surface area contributed by atoms with Crippen LogP contribution in [0.1, 0.15) is 52.2 Å². The Morgan fingerprint density at radius 2 is 1.64 bits per heavy atom. The number of hydrogen-bond donors (Lipinski definition) is 12. The lowest BCUT2D eigenvalue weighted by Gasteiger charge is -2.30. The summed E-state index contributed by atoms with van der Waals surface area (Å²) >= 11 is 3.96. The van der Waals surface area contributed by atoms with E-state index in [1.54, 1.807) is 0 Å². The summed E-state index contributed by atoms with van der Waals surface area (Å²) in [4.78, 5) is 88.4. The molecular formula is C29H52N9O17P3S. The number of imidazole rings is 1. The van der Waals surface area contributed by atoms with Crippen molar-refractivity contribution in [2.24, 2.45) is 11.1 Å². The van der Waals surface area contributed by atoms with Crippen LogP contribution in [0.15, 0.2) is 12.7 Å². The molecule has 7 unspecified atom stereocenters. The highest BCUT2D eigenvalue weighted by Crippen LogP contribution is 2.61. The number of carbonyl (C=O) groups is 3. The van der Waals surface area contributed by atoms with Gasteiger partial charge < -0.3 is 61.5 Å². The highest BCUT2D eigenvalue weighted by atomic mass is 32.1. The van der Waals surface area contributed by atoms with Gasteiger partial charge in [0.25, 0.3) is 0 Å². The molecule has 0 bridgehead atoms. The summed E-state index contributed by atoms with van der Waals surface area (Å²) < 4.78 is 62.7. The van der Waals surface area contributed by atoms with Gasteiger partial charge in [-0.1, -0.05) is 26.7 Å². The van der Waals surface area contributed by atoms with Crippen molar-refractivity contribution in [1.29, 1.82) is 0 Å². The molecule has 3 heterocycles. The van der Waals surface area contributed by atoms with Gasteiger partial charge in [0.15, 0.2) is 23.2 Å². The molecule has 1 fully saturated rings. The van der Waals surface area contributed by atoms with E-state index in [1.807, 2.05) is 0 Å². The van der Waals surface area contributed by atoms with Crippen molar-refractivity contribution in [2.75, 3.05) is 57.0 Å². The van der Waals surface area contributed by atoms with Crippen molar-refractivity contribution in [1.82, 2.24) is 35.5 Å². The zero-order chi connectivity index (χ0) is 44.0. The number of nitrogens with two attached hydrogens (primary N) is 1. The van der Waals surface area contributed by atoms with Crippen LogP contribution in [0.2, 0.25) is 0 Å². The van der Waals surface area contributed by atoms with Gasteiger partial charge in [-0.15, -0.1) is 0 Å². The average Bonchev–Trinajstić information content (AvgIpc) is 3.71. The first-order valence-electron chi connectivity index (χ1n) is 18.0. The molecule has 12 N–H and O–H groups in total. The second kappa shape index (κ2) is 23.0. The van der Waals surface area contributed by atoms with E-state index in [2.05, 4.69) is 53.2 Å². The van der Waals surface area contributed by atoms with Crippen molar-refractivity contribution >= 4 is 70.8 Å². The topological polar surface area (TPSA) is 388 Å². The number of ether oxygens (including phenoxy) is 1. The molecule has 30 heteroatoms. The number of unbranched alkanes of at least 4 members (excludes halogenated alkanes) is 3. The van der Waals surface area contributed by atoms with Gasteiger partial charge in [0.05, 0.1) is 26.1 Å². The van der Waals surface area contributed by atoms with E-state index >= 15 is 0 Å². The summed E-state index contributed by atoms with van der Waals surface area (Å²) in [7, 11) is -16.5. The maximum Gasteiger partial charge on any atom is 0.481 e. The number of hydrogen-bond acceptors (Lipinski definition) is 19. The van der Waals surface area contributed by atoms with Gasteiger partial charge >= 0.3 is 23.5 Å². The zero-order valence-corrected chi connectivity index (χ0v) is 35.6. The highest BCUT2D eigenvalue weighted by Gasteiger charge is 2.50. The second-order valence-electron chi connectivity index (χ2n) is 13.7. The standard InChI is InChI=1S/C29H52N9O17P3S/c1-29(2,24(42)27(43)33-10-7-19(39)32-11-12-59)15-52-58(49,50)55-57(47,48)51-14-18-23(54-56(44,45)46)22(41)28(53-18)38-17-37-21-25(35-16-36-26(21)38)34-13-20(40)31-9-6-4-3-5-8-30/h16-18,22-24,28,41-42,59H,3-15,30H2,1-2H3,(H,31,40)(H,32,39)(H,33,43)(H,47,48)(H,49,50)(H,34,35,36)(H2,44,45,46). The molecule has 0 aromatic carbocycles. The Morgan fingerprint density at radius 1 is 0.966 bits per heavy atom. The molecule has 7 atom stereocenters. The summed E-state index contributed by atoms with van der Waals surface area (Å²) in [5, 5.41) is 32.1. The number of aromatic nitrogens is 4. The minimum Gasteiger partial charge on any atom is -0.386 e. The number of fused-ring (bicyclic) bond motifs is 1. The number of nitrogens with zero attached hydrogens (tertiary/aromatic N) is 4. The van der Waals surface area contributed by atoms with Gasteiger partial charge in [0, 0.05) is 37.2 Å². The number of phosphoric ester groups is 3. The summed E-state index contributed by atoms with van der Waals surface area (Å²) in [6.07, 6.45) is -3.44. The summed E-state index contributed by atoms with van der Waals surface area (Å²) in [6, 6.07) is 0. The van der Waals surface area contributed by atoms with E-state index in [-0.39, 0.29) is 48.3 Å². The number of amides is 3. The Hall–Kier alpha value is -2.68. The largest absolute Gasteiger partial charge is 0.481 e. The lowest BCUT2D eigenvalue weighted by Crippen LogP contribution is -2.46. The van der Waals surface area contributed by atoms with E-state index in [4.69, 9.17) is 24.0 Å². The third kappa shape index (κ3) is 16.6. The fourth-order valence-electron chi connectivity index (χ4n) is 5.32. The summed E-state index contributed by atoms with van der Waals surface area (Å²) in [5.41, 5.74) is 3.98. The molecule has 1 aliphatic rings. The SMILES string of the molecule is CC(C)(COP(=O)(O)OP(=O)(O)OCC1OC(n2cnc3c(NCC(=O)NCCCCCCN)ncnc32)C(O)C1OP(=O)(O)O)C(O)C(=O)NCCC(=O)NCCS. The molecule has 1 aliphatic heterocycles. The number of aliphatic hydroxyl groups excluding tert-OH is 2. The fourth-order valence-corrected chi connectivity index (χ4v) is 8.26. The third-order valence-corrected chi connectivity index (χ3v) is 11.7. The Morgan fingerprint density at radius 3 is 2.32 bits per heavy atom. The van der Waals surface area contributed by atoms with E-state index in [0.29, 0.717) is 25.4 Å². The van der Waals surface area contributed by atoms with Crippen molar-refractivity contribution in [3.05, 3.63) is 12.7 Å². The minimum absolute atomic E-state index is 0.00993. The van der Waals surface area contributed by atoms with Gasteiger partial charge in [-0.2, -0.15) is 16.9 Å². The first-order valence-corrected chi connectivity index (χ1v) is 23.2. The fraction of sp³-hybridized carbons (Fsp3) is 0.724. The van der Waals surface area contributed by atoms with Crippen molar-refractivity contribution < 1.29 is 80.5 Å².